The van der Waals surface area contributed by atoms with Crippen LogP contribution in [0.25, 0.3) is 0 Å². The maximum atomic E-state index is 12.1. The van der Waals surface area contributed by atoms with Crippen molar-refractivity contribution in [3.05, 3.63) is 0 Å². The normalized spacial score (nSPS) is 21.2. The average molecular weight is 269 g/mol. The zero-order chi connectivity index (χ0) is 14.7. The second kappa shape index (κ2) is 5.81. The third kappa shape index (κ3) is 2.74. The molecule has 0 radical (unpaired) electrons. The molecule has 0 saturated carbocycles. The number of nitrogens with zero attached hydrogens (tertiary/aromatic N) is 2. The summed E-state index contributed by atoms with van der Waals surface area (Å²) in [5.41, 5.74) is 0. The van der Waals surface area contributed by atoms with Crippen molar-refractivity contribution in [3.63, 3.8) is 0 Å². The molecule has 7 heteroatoms. The molecule has 1 rings (SSSR count). The molecule has 1 aliphatic heterocycles. The van der Waals surface area contributed by atoms with E-state index in [-0.39, 0.29) is 5.91 Å². The minimum atomic E-state index is -0.917. The van der Waals surface area contributed by atoms with E-state index in [1.54, 1.807) is 20.9 Å². The van der Waals surface area contributed by atoms with Gasteiger partial charge in [0.05, 0.1) is 0 Å². The Labute approximate surface area is 111 Å². The predicted octanol–water partition coefficient (Wildman–Crippen LogP) is -0.0422. The van der Waals surface area contributed by atoms with Gasteiger partial charge in [-0.1, -0.05) is 6.92 Å². The van der Waals surface area contributed by atoms with Crippen molar-refractivity contribution in [2.45, 2.75) is 33.2 Å². The first-order chi connectivity index (χ1) is 8.84. The third-order valence-corrected chi connectivity index (χ3v) is 3.30. The molecule has 0 spiro atoms. The van der Waals surface area contributed by atoms with Gasteiger partial charge in [0.2, 0.25) is 17.7 Å². The molecule has 19 heavy (non-hydrogen) atoms. The van der Waals surface area contributed by atoms with Crippen molar-refractivity contribution in [1.82, 2.24) is 15.1 Å². The van der Waals surface area contributed by atoms with Crippen LogP contribution in [0, 0.1) is 5.92 Å². The minimum absolute atomic E-state index is 0.291. The summed E-state index contributed by atoms with van der Waals surface area (Å²) in [6, 6.07) is -1.75. The van der Waals surface area contributed by atoms with Gasteiger partial charge in [-0.2, -0.15) is 0 Å². The Morgan fingerprint density at radius 3 is 2.42 bits per heavy atom. The molecule has 2 unspecified atom stereocenters. The van der Waals surface area contributed by atoms with E-state index in [9.17, 15) is 19.2 Å². The van der Waals surface area contributed by atoms with Crippen molar-refractivity contribution in [2.75, 3.05) is 13.6 Å². The lowest BCUT2D eigenvalue weighted by molar-refractivity contribution is -0.149. The number of barbiturate groups is 1. The highest BCUT2D eigenvalue weighted by molar-refractivity contribution is 6.17. The number of carbonyl (C=O) groups is 4. The topological polar surface area (TPSA) is 86.8 Å². The van der Waals surface area contributed by atoms with E-state index < -0.39 is 29.8 Å². The smallest absolute Gasteiger partial charge is 0.331 e. The van der Waals surface area contributed by atoms with Crippen molar-refractivity contribution >= 4 is 23.8 Å². The Bertz CT molecular complexity index is 421. The maximum absolute atomic E-state index is 12.1. The molecule has 1 N–H and O–H groups in total. The van der Waals surface area contributed by atoms with Gasteiger partial charge in [0.15, 0.2) is 0 Å². The van der Waals surface area contributed by atoms with Crippen molar-refractivity contribution in [2.24, 2.45) is 5.92 Å². The van der Waals surface area contributed by atoms with Gasteiger partial charge >= 0.3 is 6.03 Å². The first-order valence-electron chi connectivity index (χ1n) is 6.27. The number of rotatable bonds is 4. The molecule has 0 aromatic heterocycles. The Kier molecular flexibility index (Phi) is 4.63. The molecule has 0 bridgehead atoms. The molecular weight excluding hydrogens is 250 g/mol. The van der Waals surface area contributed by atoms with E-state index in [0.717, 1.165) is 4.90 Å². The summed E-state index contributed by atoms with van der Waals surface area (Å²) in [6.07, 6.45) is 0.291. The summed E-state index contributed by atoms with van der Waals surface area (Å²) in [4.78, 5) is 49.6. The molecule has 2 atom stereocenters. The Morgan fingerprint density at radius 2 is 1.95 bits per heavy atom. The summed E-state index contributed by atoms with van der Waals surface area (Å²) in [5.74, 6) is -2.45. The first-order valence-corrected chi connectivity index (χ1v) is 6.27. The zero-order valence-corrected chi connectivity index (χ0v) is 11.6. The number of hydrogen-bond donors (Lipinski definition) is 1. The van der Waals surface area contributed by atoms with Gasteiger partial charge < -0.3 is 4.90 Å². The summed E-state index contributed by atoms with van der Waals surface area (Å²) in [6.45, 7) is 5.43. The number of amides is 5. The van der Waals surface area contributed by atoms with Gasteiger partial charge in [0.1, 0.15) is 12.0 Å². The highest BCUT2D eigenvalue weighted by Crippen LogP contribution is 2.17. The highest BCUT2D eigenvalue weighted by atomic mass is 16.2. The molecular formula is C12H19N3O4. The van der Waals surface area contributed by atoms with E-state index in [0.29, 0.717) is 13.0 Å². The van der Waals surface area contributed by atoms with Gasteiger partial charge in [-0.05, 0) is 20.3 Å². The standard InChI is InChI=1S/C12H19N3O4/c1-5-8-9(16)13-12(19)15(11(8)18)7(3)10(17)14(4)6-2/h7-8H,5-6H2,1-4H3,(H,13,16,19). The summed E-state index contributed by atoms with van der Waals surface area (Å²) in [7, 11) is 1.59. The average Bonchev–Trinajstić information content (AvgIpc) is 2.36. The van der Waals surface area contributed by atoms with Crippen LogP contribution in [0.1, 0.15) is 27.2 Å². The summed E-state index contributed by atoms with van der Waals surface area (Å²) >= 11 is 0. The summed E-state index contributed by atoms with van der Waals surface area (Å²) in [5, 5.41) is 2.11. The molecule has 1 heterocycles. The minimum Gasteiger partial charge on any atom is -0.344 e. The largest absolute Gasteiger partial charge is 0.344 e. The van der Waals surface area contributed by atoms with Crippen LogP contribution in [-0.2, 0) is 14.4 Å². The number of carbonyl (C=O) groups excluding carboxylic acids is 4. The van der Waals surface area contributed by atoms with Crippen LogP contribution >= 0.6 is 0 Å². The van der Waals surface area contributed by atoms with Crippen molar-refractivity contribution < 1.29 is 19.2 Å². The van der Waals surface area contributed by atoms with Crippen LogP contribution in [-0.4, -0.2) is 53.2 Å². The van der Waals surface area contributed by atoms with Crippen LogP contribution in [0.3, 0.4) is 0 Å². The molecule has 7 nitrogen and oxygen atoms in total. The van der Waals surface area contributed by atoms with Crippen molar-refractivity contribution in [3.8, 4) is 0 Å². The lowest BCUT2D eigenvalue weighted by atomic mass is 10.0. The molecule has 1 fully saturated rings. The molecule has 0 aromatic rings. The predicted molar refractivity (Wildman–Crippen MR) is 66.9 cm³/mol. The third-order valence-electron chi connectivity index (χ3n) is 3.30. The lowest BCUT2D eigenvalue weighted by Crippen LogP contribution is -2.62. The van der Waals surface area contributed by atoms with Gasteiger partial charge in [0.25, 0.3) is 0 Å². The van der Waals surface area contributed by atoms with E-state index in [2.05, 4.69) is 5.32 Å². The number of hydrogen-bond acceptors (Lipinski definition) is 4. The Hall–Kier alpha value is -1.92. The Morgan fingerprint density at radius 1 is 1.37 bits per heavy atom. The molecule has 0 aliphatic carbocycles. The SMILES string of the molecule is CCC1C(=O)NC(=O)N(C(C)C(=O)N(C)CC)C1=O. The number of nitrogens with one attached hydrogen (secondary N) is 1. The number of urea groups is 1. The molecule has 1 saturated heterocycles. The lowest BCUT2D eigenvalue weighted by Gasteiger charge is -2.34. The fraction of sp³-hybridized carbons (Fsp3) is 0.667. The van der Waals surface area contributed by atoms with Crippen LogP contribution in [0.2, 0.25) is 0 Å². The molecule has 106 valence electrons. The number of imide groups is 2. The Balaban J connectivity index is 2.97. The highest BCUT2D eigenvalue weighted by Gasteiger charge is 2.43. The van der Waals surface area contributed by atoms with Gasteiger partial charge in [-0.25, -0.2) is 4.79 Å². The van der Waals surface area contributed by atoms with Gasteiger partial charge in [-0.15, -0.1) is 0 Å². The number of likely N-dealkylation sites (N-methyl/N-ethyl adjacent to an activating group) is 1. The quantitative estimate of drug-likeness (QED) is 0.725. The monoisotopic (exact) mass is 269 g/mol. The molecule has 1 aliphatic rings. The van der Waals surface area contributed by atoms with E-state index in [4.69, 9.17) is 0 Å². The second-order valence-electron chi connectivity index (χ2n) is 4.49. The van der Waals surface area contributed by atoms with E-state index >= 15 is 0 Å². The van der Waals surface area contributed by atoms with Gasteiger partial charge in [0, 0.05) is 13.6 Å². The van der Waals surface area contributed by atoms with Gasteiger partial charge in [-0.3, -0.25) is 24.6 Å². The second-order valence-corrected chi connectivity index (χ2v) is 4.49. The van der Waals surface area contributed by atoms with Crippen LogP contribution in [0.4, 0.5) is 4.79 Å². The van der Waals surface area contributed by atoms with Crippen LogP contribution < -0.4 is 5.32 Å². The van der Waals surface area contributed by atoms with Crippen LogP contribution in [0.5, 0.6) is 0 Å². The maximum Gasteiger partial charge on any atom is 0.331 e. The van der Waals surface area contributed by atoms with Crippen molar-refractivity contribution in [1.29, 1.82) is 0 Å². The summed E-state index contributed by atoms with van der Waals surface area (Å²) < 4.78 is 0. The molecule has 5 amide bonds. The van der Waals surface area contributed by atoms with Crippen LogP contribution in [0.15, 0.2) is 0 Å². The first kappa shape index (κ1) is 15.1. The van der Waals surface area contributed by atoms with E-state index in [1.807, 2.05) is 0 Å². The zero-order valence-electron chi connectivity index (χ0n) is 11.6. The fourth-order valence-electron chi connectivity index (χ4n) is 1.94. The molecule has 0 aromatic carbocycles. The fourth-order valence-corrected chi connectivity index (χ4v) is 1.94. The van der Waals surface area contributed by atoms with E-state index in [1.165, 1.54) is 11.8 Å².